The molecule has 0 radical (unpaired) electrons. The van der Waals surface area contributed by atoms with E-state index < -0.39 is 0 Å². The minimum absolute atomic E-state index is 0.231. The van der Waals surface area contributed by atoms with Crippen LogP contribution in [0.1, 0.15) is 69.9 Å². The molecule has 3 heterocycles. The zero-order chi connectivity index (χ0) is 18.6. The van der Waals surface area contributed by atoms with Crippen LogP contribution in [0, 0.1) is 0 Å². The first-order valence-corrected chi connectivity index (χ1v) is 10.9. The zero-order valence-corrected chi connectivity index (χ0v) is 16.5. The van der Waals surface area contributed by atoms with Crippen LogP contribution in [0.2, 0.25) is 0 Å². The highest BCUT2D eigenvalue weighted by Crippen LogP contribution is 2.34. The predicted octanol–water partition coefficient (Wildman–Crippen LogP) is 4.49. The van der Waals surface area contributed by atoms with Crippen LogP contribution in [-0.4, -0.2) is 40.8 Å². The van der Waals surface area contributed by atoms with Gasteiger partial charge in [-0.05, 0) is 37.8 Å². The Labute approximate surface area is 163 Å². The van der Waals surface area contributed by atoms with E-state index in [-0.39, 0.29) is 5.78 Å². The van der Waals surface area contributed by atoms with Crippen LogP contribution in [-0.2, 0) is 11.2 Å². The van der Waals surface area contributed by atoms with Gasteiger partial charge in [0.05, 0.1) is 17.8 Å². The number of piperidine rings is 1. The molecule has 27 heavy (non-hydrogen) atoms. The first-order valence-electron chi connectivity index (χ1n) is 10.9. The van der Waals surface area contributed by atoms with Crippen LogP contribution in [0.4, 0.5) is 5.69 Å². The number of carbonyl (C=O) groups is 1. The molecule has 4 nitrogen and oxygen atoms in total. The van der Waals surface area contributed by atoms with Gasteiger partial charge in [-0.2, -0.15) is 0 Å². The Balaban J connectivity index is 1.45. The first-order chi connectivity index (χ1) is 13.2. The standard InChI is InChI=1S/C23H33N3O/c1-18-16-21(27)17-22-23(10-7-13-24-22)26(18)20-11-14-25(15-12-20)19-8-5-3-2-4-6-9-19/h7,10,13,19-20H,1-6,8-9,11-12,14-17H2. The van der Waals surface area contributed by atoms with Crippen LogP contribution in [0.25, 0.3) is 0 Å². The SMILES string of the molecule is C=C1CC(=O)Cc2ncccc2N1C1CCN(C2CCCCCCC2)CC1. The highest BCUT2D eigenvalue weighted by molar-refractivity contribution is 5.87. The van der Waals surface area contributed by atoms with Gasteiger partial charge in [-0.15, -0.1) is 0 Å². The highest BCUT2D eigenvalue weighted by atomic mass is 16.1. The number of carbonyl (C=O) groups excluding carboxylic acids is 1. The molecular weight excluding hydrogens is 334 g/mol. The van der Waals surface area contributed by atoms with Gasteiger partial charge in [0, 0.05) is 43.5 Å². The first kappa shape index (κ1) is 18.7. The monoisotopic (exact) mass is 367 g/mol. The number of anilines is 1. The number of allylic oxidation sites excluding steroid dienone is 1. The van der Waals surface area contributed by atoms with E-state index in [2.05, 4.69) is 27.4 Å². The molecule has 1 aromatic heterocycles. The quantitative estimate of drug-likeness (QED) is 0.771. The number of pyridine rings is 1. The maximum Gasteiger partial charge on any atom is 0.144 e. The second-order valence-corrected chi connectivity index (χ2v) is 8.56. The summed E-state index contributed by atoms with van der Waals surface area (Å²) in [5, 5.41) is 0. The van der Waals surface area contributed by atoms with Gasteiger partial charge in [-0.1, -0.05) is 38.7 Å². The summed E-state index contributed by atoms with van der Waals surface area (Å²) < 4.78 is 0. The molecule has 1 saturated carbocycles. The molecule has 3 aliphatic rings. The number of hydrogen-bond acceptors (Lipinski definition) is 4. The Hall–Kier alpha value is -1.68. The van der Waals surface area contributed by atoms with Crippen molar-refractivity contribution < 1.29 is 4.79 Å². The Kier molecular flexibility index (Phi) is 5.92. The number of Topliss-reactive ketones (excluding diaryl/α,β-unsaturated/α-hetero) is 1. The molecule has 1 aliphatic carbocycles. The summed E-state index contributed by atoms with van der Waals surface area (Å²) in [5.74, 6) is 0.231. The Morgan fingerprint density at radius 2 is 1.63 bits per heavy atom. The second-order valence-electron chi connectivity index (χ2n) is 8.56. The molecule has 0 amide bonds. The van der Waals surface area contributed by atoms with E-state index in [4.69, 9.17) is 0 Å². The molecule has 1 aromatic rings. The van der Waals surface area contributed by atoms with Crippen molar-refractivity contribution in [3.8, 4) is 0 Å². The van der Waals surface area contributed by atoms with Gasteiger partial charge in [0.1, 0.15) is 5.78 Å². The van der Waals surface area contributed by atoms with Crippen molar-refractivity contribution in [2.75, 3.05) is 18.0 Å². The van der Waals surface area contributed by atoms with Gasteiger partial charge in [-0.25, -0.2) is 0 Å². The number of ketones is 1. The summed E-state index contributed by atoms with van der Waals surface area (Å²) >= 11 is 0. The van der Waals surface area contributed by atoms with Crippen molar-refractivity contribution in [2.24, 2.45) is 0 Å². The molecule has 0 spiro atoms. The van der Waals surface area contributed by atoms with Gasteiger partial charge in [0.25, 0.3) is 0 Å². The minimum Gasteiger partial charge on any atom is -0.341 e. The average molecular weight is 368 g/mol. The lowest BCUT2D eigenvalue weighted by molar-refractivity contribution is -0.117. The number of rotatable bonds is 2. The number of nitrogens with zero attached hydrogens (tertiary/aromatic N) is 3. The second kappa shape index (κ2) is 8.55. The van der Waals surface area contributed by atoms with Crippen molar-refractivity contribution in [3.63, 3.8) is 0 Å². The minimum atomic E-state index is 0.231. The third-order valence-electron chi connectivity index (χ3n) is 6.69. The fraction of sp³-hybridized carbons (Fsp3) is 0.652. The van der Waals surface area contributed by atoms with Crippen LogP contribution >= 0.6 is 0 Å². The van der Waals surface area contributed by atoms with Crippen molar-refractivity contribution >= 4 is 11.5 Å². The number of aromatic nitrogens is 1. The lowest BCUT2D eigenvalue weighted by Crippen LogP contribution is -2.48. The van der Waals surface area contributed by atoms with Crippen molar-refractivity contribution in [3.05, 3.63) is 36.3 Å². The molecule has 2 fully saturated rings. The van der Waals surface area contributed by atoms with E-state index in [1.54, 1.807) is 6.20 Å². The van der Waals surface area contributed by atoms with Crippen LogP contribution in [0.15, 0.2) is 30.6 Å². The highest BCUT2D eigenvalue weighted by Gasteiger charge is 2.32. The summed E-state index contributed by atoms with van der Waals surface area (Å²) in [4.78, 5) is 21.9. The Morgan fingerprint density at radius 3 is 2.37 bits per heavy atom. The molecule has 0 aromatic carbocycles. The largest absolute Gasteiger partial charge is 0.341 e. The van der Waals surface area contributed by atoms with Crippen LogP contribution < -0.4 is 4.90 Å². The Bertz CT molecular complexity index is 670. The van der Waals surface area contributed by atoms with Crippen LogP contribution in [0.3, 0.4) is 0 Å². The van der Waals surface area contributed by atoms with Gasteiger partial charge in [0.2, 0.25) is 0 Å². The fourth-order valence-electron chi connectivity index (χ4n) is 5.28. The summed E-state index contributed by atoms with van der Waals surface area (Å²) in [6.45, 7) is 6.61. The van der Waals surface area contributed by atoms with Gasteiger partial charge < -0.3 is 9.80 Å². The molecule has 0 unspecified atom stereocenters. The molecule has 2 aliphatic heterocycles. The number of hydrogen-bond donors (Lipinski definition) is 0. The third kappa shape index (κ3) is 4.26. The summed E-state index contributed by atoms with van der Waals surface area (Å²) in [5.41, 5.74) is 2.98. The topological polar surface area (TPSA) is 36.4 Å². The number of likely N-dealkylation sites (tertiary alicyclic amines) is 1. The Morgan fingerprint density at radius 1 is 0.926 bits per heavy atom. The molecule has 4 heteroatoms. The van der Waals surface area contributed by atoms with Gasteiger partial charge in [-0.3, -0.25) is 9.78 Å². The van der Waals surface area contributed by atoms with E-state index in [1.165, 1.54) is 58.0 Å². The lowest BCUT2D eigenvalue weighted by Gasteiger charge is -2.43. The van der Waals surface area contributed by atoms with E-state index in [1.807, 2.05) is 6.07 Å². The van der Waals surface area contributed by atoms with E-state index >= 15 is 0 Å². The fourth-order valence-corrected chi connectivity index (χ4v) is 5.28. The normalized spacial score (nSPS) is 24.2. The molecule has 0 bridgehead atoms. The van der Waals surface area contributed by atoms with Crippen molar-refractivity contribution in [2.45, 2.75) is 82.7 Å². The van der Waals surface area contributed by atoms with Crippen LogP contribution in [0.5, 0.6) is 0 Å². The molecular formula is C23H33N3O. The summed E-state index contributed by atoms with van der Waals surface area (Å²) in [6, 6.07) is 5.33. The molecule has 146 valence electrons. The molecule has 1 saturated heterocycles. The smallest absolute Gasteiger partial charge is 0.144 e. The molecule has 4 rings (SSSR count). The number of fused-ring (bicyclic) bond motifs is 1. The zero-order valence-electron chi connectivity index (χ0n) is 16.5. The molecule has 0 N–H and O–H groups in total. The predicted molar refractivity (Wildman–Crippen MR) is 110 cm³/mol. The molecule has 0 atom stereocenters. The summed E-state index contributed by atoms with van der Waals surface area (Å²) in [6.07, 6.45) is 14.8. The average Bonchev–Trinajstić information content (AvgIpc) is 2.76. The van der Waals surface area contributed by atoms with E-state index in [9.17, 15) is 4.79 Å². The van der Waals surface area contributed by atoms with Gasteiger partial charge >= 0.3 is 0 Å². The van der Waals surface area contributed by atoms with E-state index in [0.717, 1.165) is 36.0 Å². The van der Waals surface area contributed by atoms with E-state index in [0.29, 0.717) is 18.9 Å². The summed E-state index contributed by atoms with van der Waals surface area (Å²) in [7, 11) is 0. The third-order valence-corrected chi connectivity index (χ3v) is 6.69. The maximum absolute atomic E-state index is 12.3. The van der Waals surface area contributed by atoms with Crippen molar-refractivity contribution in [1.29, 1.82) is 0 Å². The maximum atomic E-state index is 12.3. The van der Waals surface area contributed by atoms with Gasteiger partial charge in [0.15, 0.2) is 0 Å². The van der Waals surface area contributed by atoms with Crippen molar-refractivity contribution in [1.82, 2.24) is 9.88 Å². The lowest BCUT2D eigenvalue weighted by atomic mass is 9.93.